The number of likely N-dealkylation sites (tertiary alicyclic amines) is 1. The van der Waals surface area contributed by atoms with Gasteiger partial charge in [-0.15, -0.1) is 0 Å². The number of carbonyl (C=O) groups is 1. The summed E-state index contributed by atoms with van der Waals surface area (Å²) in [5.74, 6) is 0.725. The number of allylic oxidation sites excluding steroid dienone is 1. The second kappa shape index (κ2) is 7.79. The van der Waals surface area contributed by atoms with E-state index in [1.165, 1.54) is 0 Å². The van der Waals surface area contributed by atoms with Gasteiger partial charge in [0.15, 0.2) is 5.76 Å². The highest BCUT2D eigenvalue weighted by molar-refractivity contribution is 5.74. The summed E-state index contributed by atoms with van der Waals surface area (Å²) in [6.07, 6.45) is 6.83. The van der Waals surface area contributed by atoms with Crippen LogP contribution in [0.3, 0.4) is 0 Å². The Morgan fingerprint density at radius 3 is 3.12 bits per heavy atom. The van der Waals surface area contributed by atoms with Crippen LogP contribution in [0.2, 0.25) is 0 Å². The molecule has 1 aliphatic heterocycles. The molecule has 1 aliphatic carbocycles. The first kappa shape index (κ1) is 17.0. The standard InChI is InChI=1S/C17H25FN4O2/c1-12-7-16(24-21-12)11-22-10-13(18)8-15(22)9-19-17(23)20-14-5-3-2-4-6-14/h3,5,7,13-15H,2,4,6,8-11H2,1H3,(H2,19,20,23)/t13-,14-,15-/m0/s1. The van der Waals surface area contributed by atoms with Crippen LogP contribution in [0.15, 0.2) is 22.7 Å². The van der Waals surface area contributed by atoms with E-state index < -0.39 is 6.17 Å². The van der Waals surface area contributed by atoms with Gasteiger partial charge in [-0.3, -0.25) is 4.90 Å². The van der Waals surface area contributed by atoms with Crippen molar-refractivity contribution in [3.8, 4) is 0 Å². The number of rotatable bonds is 5. The molecule has 1 fully saturated rings. The molecule has 24 heavy (non-hydrogen) atoms. The van der Waals surface area contributed by atoms with Crippen molar-refractivity contribution in [3.05, 3.63) is 29.7 Å². The lowest BCUT2D eigenvalue weighted by Crippen LogP contribution is -2.46. The molecule has 0 radical (unpaired) electrons. The molecule has 1 aromatic heterocycles. The Balaban J connectivity index is 1.48. The number of amides is 2. The van der Waals surface area contributed by atoms with Crippen LogP contribution < -0.4 is 10.6 Å². The first-order valence-electron chi connectivity index (χ1n) is 8.61. The number of hydrogen-bond acceptors (Lipinski definition) is 4. The third-order valence-corrected chi connectivity index (χ3v) is 4.58. The fourth-order valence-corrected chi connectivity index (χ4v) is 3.38. The minimum absolute atomic E-state index is 0.0296. The van der Waals surface area contributed by atoms with Crippen molar-refractivity contribution < 1.29 is 13.7 Å². The average Bonchev–Trinajstić information content (AvgIpc) is 3.12. The number of nitrogens with zero attached hydrogens (tertiary/aromatic N) is 2. The summed E-state index contributed by atoms with van der Waals surface area (Å²) < 4.78 is 19.0. The molecule has 132 valence electrons. The number of aryl methyl sites for hydroxylation is 1. The molecule has 3 rings (SSSR count). The van der Waals surface area contributed by atoms with E-state index in [0.717, 1.165) is 30.7 Å². The summed E-state index contributed by atoms with van der Waals surface area (Å²) >= 11 is 0. The van der Waals surface area contributed by atoms with E-state index in [2.05, 4.69) is 21.9 Å². The monoisotopic (exact) mass is 336 g/mol. The number of urea groups is 1. The van der Waals surface area contributed by atoms with Crippen molar-refractivity contribution in [3.63, 3.8) is 0 Å². The molecule has 3 atom stereocenters. The summed E-state index contributed by atoms with van der Waals surface area (Å²) in [6.45, 7) is 3.16. The highest BCUT2D eigenvalue weighted by Gasteiger charge is 2.33. The van der Waals surface area contributed by atoms with Crippen molar-refractivity contribution in [2.24, 2.45) is 0 Å². The van der Waals surface area contributed by atoms with E-state index >= 15 is 0 Å². The third-order valence-electron chi connectivity index (χ3n) is 4.58. The van der Waals surface area contributed by atoms with Gasteiger partial charge in [0.05, 0.1) is 12.2 Å². The largest absolute Gasteiger partial charge is 0.360 e. The lowest BCUT2D eigenvalue weighted by molar-refractivity contribution is 0.200. The first-order chi connectivity index (χ1) is 11.6. The number of halogens is 1. The highest BCUT2D eigenvalue weighted by atomic mass is 19.1. The number of nitrogens with one attached hydrogen (secondary N) is 2. The van der Waals surface area contributed by atoms with Gasteiger partial charge >= 0.3 is 6.03 Å². The summed E-state index contributed by atoms with van der Waals surface area (Å²) in [7, 11) is 0. The average molecular weight is 336 g/mol. The van der Waals surface area contributed by atoms with E-state index in [1.54, 1.807) is 0 Å². The van der Waals surface area contributed by atoms with Gasteiger partial charge < -0.3 is 15.2 Å². The van der Waals surface area contributed by atoms with E-state index in [-0.39, 0.29) is 18.1 Å². The van der Waals surface area contributed by atoms with E-state index in [4.69, 9.17) is 4.52 Å². The molecule has 0 saturated carbocycles. The fraction of sp³-hybridized carbons (Fsp3) is 0.647. The highest BCUT2D eigenvalue weighted by Crippen LogP contribution is 2.22. The van der Waals surface area contributed by atoms with Crippen molar-refractivity contribution >= 4 is 6.03 Å². The van der Waals surface area contributed by atoms with Gasteiger partial charge in [-0.2, -0.15) is 0 Å². The van der Waals surface area contributed by atoms with Crippen molar-refractivity contribution in [1.82, 2.24) is 20.7 Å². The maximum atomic E-state index is 13.8. The van der Waals surface area contributed by atoms with Crippen molar-refractivity contribution in [1.29, 1.82) is 0 Å². The Morgan fingerprint density at radius 1 is 1.54 bits per heavy atom. The van der Waals surface area contributed by atoms with Gasteiger partial charge in [0.1, 0.15) is 6.17 Å². The first-order valence-corrected chi connectivity index (χ1v) is 8.61. The molecule has 1 saturated heterocycles. The molecule has 1 aromatic rings. The molecule has 0 unspecified atom stereocenters. The minimum atomic E-state index is -0.870. The molecule has 2 heterocycles. The summed E-state index contributed by atoms with van der Waals surface area (Å²) in [6, 6.07) is 1.74. The molecule has 0 aromatic carbocycles. The Kier molecular flexibility index (Phi) is 5.50. The van der Waals surface area contributed by atoms with Crippen LogP contribution in [0, 0.1) is 6.92 Å². The van der Waals surface area contributed by atoms with E-state index in [0.29, 0.717) is 26.1 Å². The van der Waals surface area contributed by atoms with Gasteiger partial charge in [-0.25, -0.2) is 9.18 Å². The molecule has 7 heteroatoms. The molecule has 0 spiro atoms. The Labute approximate surface area is 141 Å². The second-order valence-corrected chi connectivity index (χ2v) is 6.67. The predicted molar refractivity (Wildman–Crippen MR) is 88.3 cm³/mol. The van der Waals surface area contributed by atoms with Crippen LogP contribution >= 0.6 is 0 Å². The normalized spacial score (nSPS) is 27.3. The summed E-state index contributed by atoms with van der Waals surface area (Å²) in [4.78, 5) is 14.0. The Bertz CT molecular complexity index is 589. The van der Waals surface area contributed by atoms with Gasteiger partial charge in [-0.05, 0) is 32.6 Å². The minimum Gasteiger partial charge on any atom is -0.360 e. The van der Waals surface area contributed by atoms with Gasteiger partial charge in [0.25, 0.3) is 0 Å². The number of carbonyl (C=O) groups excluding carboxylic acids is 1. The Morgan fingerprint density at radius 2 is 2.42 bits per heavy atom. The van der Waals surface area contributed by atoms with Crippen LogP contribution in [-0.2, 0) is 6.54 Å². The van der Waals surface area contributed by atoms with Crippen molar-refractivity contribution in [2.45, 2.75) is 57.4 Å². The zero-order valence-electron chi connectivity index (χ0n) is 14.0. The number of hydrogen-bond donors (Lipinski definition) is 2. The molecular formula is C17H25FN4O2. The topological polar surface area (TPSA) is 70.4 Å². The van der Waals surface area contributed by atoms with E-state index in [1.807, 2.05) is 24.0 Å². The molecular weight excluding hydrogens is 311 g/mol. The summed E-state index contributed by atoms with van der Waals surface area (Å²) in [5, 5.41) is 9.68. The van der Waals surface area contributed by atoms with Crippen LogP contribution in [0.1, 0.15) is 37.1 Å². The van der Waals surface area contributed by atoms with Crippen LogP contribution in [-0.4, -0.2) is 47.4 Å². The second-order valence-electron chi connectivity index (χ2n) is 6.67. The van der Waals surface area contributed by atoms with Gasteiger partial charge in [-0.1, -0.05) is 17.3 Å². The molecule has 2 aliphatic rings. The maximum absolute atomic E-state index is 13.8. The van der Waals surface area contributed by atoms with Crippen LogP contribution in [0.5, 0.6) is 0 Å². The van der Waals surface area contributed by atoms with Crippen LogP contribution in [0.25, 0.3) is 0 Å². The molecule has 2 amide bonds. The van der Waals surface area contributed by atoms with Crippen LogP contribution in [0.4, 0.5) is 9.18 Å². The zero-order chi connectivity index (χ0) is 16.9. The van der Waals surface area contributed by atoms with E-state index in [9.17, 15) is 9.18 Å². The zero-order valence-corrected chi connectivity index (χ0v) is 14.0. The number of aromatic nitrogens is 1. The molecule has 2 N–H and O–H groups in total. The summed E-state index contributed by atoms with van der Waals surface area (Å²) in [5.41, 5.74) is 0.815. The number of alkyl halides is 1. The Hall–Kier alpha value is -1.89. The smallest absolute Gasteiger partial charge is 0.315 e. The van der Waals surface area contributed by atoms with Gasteiger partial charge in [0, 0.05) is 31.2 Å². The SMILES string of the molecule is Cc1cc(CN2C[C@@H](F)C[C@H]2CNC(=O)N[C@H]2C=CCCC2)on1. The van der Waals surface area contributed by atoms with Gasteiger partial charge in [0.2, 0.25) is 0 Å². The maximum Gasteiger partial charge on any atom is 0.315 e. The third kappa shape index (κ3) is 4.56. The molecule has 6 nitrogen and oxygen atoms in total. The lowest BCUT2D eigenvalue weighted by Gasteiger charge is -2.24. The quantitative estimate of drug-likeness (QED) is 0.810. The predicted octanol–water partition coefficient (Wildman–Crippen LogP) is 2.30. The molecule has 0 bridgehead atoms. The van der Waals surface area contributed by atoms with Crippen molar-refractivity contribution in [2.75, 3.05) is 13.1 Å². The fourth-order valence-electron chi connectivity index (χ4n) is 3.38. The lowest BCUT2D eigenvalue weighted by atomic mass is 10.0.